The molecule has 0 fully saturated rings. The van der Waals surface area contributed by atoms with Crippen molar-refractivity contribution in [3.8, 4) is 0 Å². The second kappa shape index (κ2) is 5.55. The number of thioether (sulfide) groups is 1. The molecular weight excluding hydrogens is 308 g/mol. The van der Waals surface area contributed by atoms with Gasteiger partial charge in [-0.3, -0.25) is 9.79 Å². The molecule has 0 atom stereocenters. The molecule has 1 aliphatic heterocycles. The van der Waals surface area contributed by atoms with Crippen LogP contribution in [-0.2, 0) is 0 Å². The highest BCUT2D eigenvalue weighted by atomic mass is 32.2. The third-order valence-corrected chi connectivity index (χ3v) is 4.73. The van der Waals surface area contributed by atoms with E-state index in [1.807, 2.05) is 36.4 Å². The largest absolute Gasteiger partial charge is 0.369 e. The van der Waals surface area contributed by atoms with E-state index >= 15 is 0 Å². The molecule has 1 aromatic heterocycles. The molecule has 2 aromatic carbocycles. The van der Waals surface area contributed by atoms with Crippen molar-refractivity contribution in [2.24, 2.45) is 4.99 Å². The molecule has 0 saturated carbocycles. The van der Waals surface area contributed by atoms with Gasteiger partial charge in [-0.05, 0) is 12.1 Å². The van der Waals surface area contributed by atoms with Gasteiger partial charge < -0.3 is 10.7 Å². The number of anilines is 1. The summed E-state index contributed by atoms with van der Waals surface area (Å²) in [6.07, 6.45) is 0. The lowest BCUT2D eigenvalue weighted by Crippen LogP contribution is -2.04. The Hall–Kier alpha value is -2.60. The van der Waals surface area contributed by atoms with Gasteiger partial charge >= 0.3 is 0 Å². The molecule has 23 heavy (non-hydrogen) atoms. The Morgan fingerprint density at radius 3 is 2.74 bits per heavy atom. The Bertz CT molecular complexity index is 930. The summed E-state index contributed by atoms with van der Waals surface area (Å²) in [5.41, 5.74) is 9.46. The number of nitrogen functional groups attached to an aromatic ring is 1. The van der Waals surface area contributed by atoms with Gasteiger partial charge in [-0.1, -0.05) is 30.3 Å². The van der Waals surface area contributed by atoms with Gasteiger partial charge in [-0.2, -0.15) is 0 Å². The molecule has 5 nitrogen and oxygen atoms in total. The van der Waals surface area contributed by atoms with E-state index in [2.05, 4.69) is 15.0 Å². The fourth-order valence-corrected chi connectivity index (χ4v) is 3.55. The van der Waals surface area contributed by atoms with E-state index in [4.69, 9.17) is 5.73 Å². The molecule has 6 heteroatoms. The van der Waals surface area contributed by atoms with Crippen molar-refractivity contribution in [1.29, 1.82) is 0 Å². The Balaban J connectivity index is 1.89. The first-order chi connectivity index (χ1) is 11.2. The lowest BCUT2D eigenvalue weighted by atomic mass is 10.0. The molecule has 2 heterocycles. The molecular formula is C17H14N4OS. The zero-order chi connectivity index (χ0) is 15.8. The van der Waals surface area contributed by atoms with Crippen LogP contribution in [0.1, 0.15) is 21.5 Å². The van der Waals surface area contributed by atoms with Crippen molar-refractivity contribution in [2.75, 3.05) is 18.0 Å². The number of carbonyl (C=O) groups is 1. The highest BCUT2D eigenvalue weighted by molar-refractivity contribution is 8.14. The molecule has 0 unspecified atom stereocenters. The smallest absolute Gasteiger partial charge is 0.198 e. The number of carbonyl (C=O) groups excluding carboxylic acids is 1. The van der Waals surface area contributed by atoms with Gasteiger partial charge in [0, 0.05) is 29.0 Å². The second-order valence-corrected chi connectivity index (χ2v) is 6.36. The minimum Gasteiger partial charge on any atom is -0.369 e. The number of nitrogens with two attached hydrogens (primary N) is 1. The fraction of sp³-hybridized carbons (Fsp3) is 0.118. The maximum atomic E-state index is 12.8. The summed E-state index contributed by atoms with van der Waals surface area (Å²) in [6.45, 7) is 0.790. The average Bonchev–Trinajstić information content (AvgIpc) is 3.22. The van der Waals surface area contributed by atoms with E-state index in [-0.39, 0.29) is 5.78 Å². The number of benzene rings is 2. The summed E-state index contributed by atoms with van der Waals surface area (Å²) >= 11 is 1.68. The van der Waals surface area contributed by atoms with Crippen LogP contribution in [0, 0.1) is 0 Å². The third-order valence-electron chi connectivity index (χ3n) is 3.72. The van der Waals surface area contributed by atoms with Crippen molar-refractivity contribution in [3.63, 3.8) is 0 Å². The summed E-state index contributed by atoms with van der Waals surface area (Å²) in [5.74, 6) is 1.27. The Kier molecular flexibility index (Phi) is 3.38. The highest BCUT2D eigenvalue weighted by Gasteiger charge is 2.19. The van der Waals surface area contributed by atoms with Gasteiger partial charge in [0.15, 0.2) is 11.7 Å². The van der Waals surface area contributed by atoms with Crippen LogP contribution in [-0.4, -0.2) is 33.1 Å². The molecule has 0 aliphatic carbocycles. The number of hydrogen-bond acceptors (Lipinski definition) is 5. The number of nitrogens with zero attached hydrogens (tertiary/aromatic N) is 2. The number of nitrogens with one attached hydrogen (secondary N) is 1. The summed E-state index contributed by atoms with van der Waals surface area (Å²) in [6, 6.07) is 12.9. The minimum atomic E-state index is -0.0227. The van der Waals surface area contributed by atoms with E-state index in [1.165, 1.54) is 0 Å². The number of H-pyrrole nitrogens is 1. The summed E-state index contributed by atoms with van der Waals surface area (Å²) < 4.78 is 0. The van der Waals surface area contributed by atoms with E-state index < -0.39 is 0 Å². The average molecular weight is 322 g/mol. The monoisotopic (exact) mass is 322 g/mol. The Morgan fingerprint density at radius 1 is 1.17 bits per heavy atom. The quantitative estimate of drug-likeness (QED) is 0.726. The Labute approximate surface area is 137 Å². The molecule has 0 bridgehead atoms. The molecule has 0 spiro atoms. The van der Waals surface area contributed by atoms with Crippen LogP contribution < -0.4 is 5.73 Å². The minimum absolute atomic E-state index is 0.0227. The van der Waals surface area contributed by atoms with E-state index in [9.17, 15) is 4.79 Å². The summed E-state index contributed by atoms with van der Waals surface area (Å²) in [4.78, 5) is 24.6. The van der Waals surface area contributed by atoms with Crippen molar-refractivity contribution in [2.45, 2.75) is 0 Å². The lowest BCUT2D eigenvalue weighted by Gasteiger charge is -2.06. The number of aliphatic imine (C=N–C) groups is 1. The van der Waals surface area contributed by atoms with Crippen LogP contribution in [0.3, 0.4) is 0 Å². The number of fused-ring (bicyclic) bond motifs is 1. The van der Waals surface area contributed by atoms with Gasteiger partial charge in [0.05, 0.1) is 5.52 Å². The van der Waals surface area contributed by atoms with Crippen LogP contribution in [0.25, 0.3) is 11.0 Å². The fourth-order valence-electron chi connectivity index (χ4n) is 2.68. The normalized spacial score (nSPS) is 14.2. The zero-order valence-corrected chi connectivity index (χ0v) is 13.1. The maximum absolute atomic E-state index is 12.8. The number of ketones is 1. The number of hydrogen-bond donors (Lipinski definition) is 2. The van der Waals surface area contributed by atoms with Gasteiger partial charge in [-0.15, -0.1) is 11.8 Å². The molecule has 1 aliphatic rings. The van der Waals surface area contributed by atoms with Crippen LogP contribution >= 0.6 is 11.8 Å². The summed E-state index contributed by atoms with van der Waals surface area (Å²) in [5, 5.41) is 0.921. The number of imidazole rings is 1. The standard InChI is InChI=1S/C17H14N4OS/c18-17-20-13-9-11(15(22)10-4-2-1-3-5-10)8-12(14(13)21-17)16-19-6-7-23-16/h1-5,8-9H,6-7H2,(H3,18,20,21). The number of aromatic nitrogens is 2. The van der Waals surface area contributed by atoms with Gasteiger partial charge in [0.1, 0.15) is 10.6 Å². The zero-order valence-electron chi connectivity index (χ0n) is 12.2. The van der Waals surface area contributed by atoms with E-state index in [0.29, 0.717) is 17.1 Å². The Morgan fingerprint density at radius 2 is 2.00 bits per heavy atom. The SMILES string of the molecule is Nc1nc2c(C3=NCCS3)cc(C(=O)c3ccccc3)cc2[nH]1. The van der Waals surface area contributed by atoms with Crippen molar-refractivity contribution >= 4 is 39.6 Å². The number of rotatable bonds is 3. The summed E-state index contributed by atoms with van der Waals surface area (Å²) in [7, 11) is 0. The van der Waals surface area contributed by atoms with Crippen LogP contribution in [0.5, 0.6) is 0 Å². The van der Waals surface area contributed by atoms with Gasteiger partial charge in [0.25, 0.3) is 0 Å². The molecule has 0 radical (unpaired) electrons. The molecule has 0 amide bonds. The van der Waals surface area contributed by atoms with E-state index in [0.717, 1.165) is 33.9 Å². The van der Waals surface area contributed by atoms with Crippen molar-refractivity contribution in [1.82, 2.24) is 9.97 Å². The third kappa shape index (κ3) is 2.51. The molecule has 3 aromatic rings. The lowest BCUT2D eigenvalue weighted by molar-refractivity contribution is 0.103. The maximum Gasteiger partial charge on any atom is 0.198 e. The molecule has 0 saturated heterocycles. The van der Waals surface area contributed by atoms with E-state index in [1.54, 1.807) is 17.8 Å². The molecule has 3 N–H and O–H groups in total. The van der Waals surface area contributed by atoms with Gasteiger partial charge in [-0.25, -0.2) is 4.98 Å². The van der Waals surface area contributed by atoms with Crippen molar-refractivity contribution in [3.05, 3.63) is 59.2 Å². The second-order valence-electron chi connectivity index (χ2n) is 5.27. The predicted octanol–water partition coefficient (Wildman–Crippen LogP) is 2.87. The number of aromatic amines is 1. The molecule has 4 rings (SSSR count). The first-order valence-electron chi connectivity index (χ1n) is 7.29. The van der Waals surface area contributed by atoms with Gasteiger partial charge in [0.2, 0.25) is 0 Å². The predicted molar refractivity (Wildman–Crippen MR) is 94.2 cm³/mol. The highest BCUT2D eigenvalue weighted by Crippen LogP contribution is 2.28. The van der Waals surface area contributed by atoms with Crippen LogP contribution in [0.2, 0.25) is 0 Å². The molecule has 114 valence electrons. The van der Waals surface area contributed by atoms with Crippen LogP contribution in [0.15, 0.2) is 47.5 Å². The van der Waals surface area contributed by atoms with Crippen molar-refractivity contribution < 1.29 is 4.79 Å². The first kappa shape index (κ1) is 14.0. The topological polar surface area (TPSA) is 84.1 Å². The van der Waals surface area contributed by atoms with Crippen LogP contribution in [0.4, 0.5) is 5.95 Å². The first-order valence-corrected chi connectivity index (χ1v) is 8.27.